The normalized spacial score (nSPS) is 20.0. The second-order valence-corrected chi connectivity index (χ2v) is 6.76. The number of aliphatic hydroxyl groups excluding tert-OH is 1. The number of amides is 2. The molecule has 2 aliphatic rings. The maximum Gasteiger partial charge on any atom is 0.244 e. The van der Waals surface area contributed by atoms with Crippen LogP contribution in [0.15, 0.2) is 48.5 Å². The molecule has 0 aliphatic carbocycles. The van der Waals surface area contributed by atoms with Gasteiger partial charge in [-0.1, -0.05) is 36.4 Å². The highest BCUT2D eigenvalue weighted by atomic mass is 16.3. The van der Waals surface area contributed by atoms with E-state index in [-0.39, 0.29) is 24.9 Å². The molecule has 0 saturated carbocycles. The number of carbonyl (C=O) groups is 2. The van der Waals surface area contributed by atoms with Crippen molar-refractivity contribution in [1.29, 1.82) is 0 Å². The van der Waals surface area contributed by atoms with Crippen LogP contribution in [0, 0.1) is 0 Å². The van der Waals surface area contributed by atoms with E-state index < -0.39 is 6.10 Å². The van der Waals surface area contributed by atoms with Crippen molar-refractivity contribution in [2.45, 2.75) is 19.1 Å². The lowest BCUT2D eigenvalue weighted by atomic mass is 10.0. The zero-order chi connectivity index (χ0) is 18.1. The standard InChI is InChI=1S/C20H21N3O3/c24-18-9-10-22(11-14-5-1-2-6-15(14)18)13-20(26)23-12-19(25)21-16-7-3-4-8-17(16)23/h1-8,18,24H,9-13H2,(H,21,25). The lowest BCUT2D eigenvalue weighted by Gasteiger charge is -2.31. The number of benzene rings is 2. The summed E-state index contributed by atoms with van der Waals surface area (Å²) in [7, 11) is 0. The van der Waals surface area contributed by atoms with Crippen molar-refractivity contribution in [3.05, 3.63) is 59.7 Å². The van der Waals surface area contributed by atoms with E-state index in [0.717, 1.165) is 16.8 Å². The summed E-state index contributed by atoms with van der Waals surface area (Å²) in [6.07, 6.45) is 0.0780. The highest BCUT2D eigenvalue weighted by Crippen LogP contribution is 2.30. The fourth-order valence-corrected chi connectivity index (χ4v) is 3.65. The molecular weight excluding hydrogens is 330 g/mol. The molecule has 2 aliphatic heterocycles. The van der Waals surface area contributed by atoms with E-state index in [4.69, 9.17) is 0 Å². The van der Waals surface area contributed by atoms with Gasteiger partial charge in [0.1, 0.15) is 6.54 Å². The van der Waals surface area contributed by atoms with E-state index in [2.05, 4.69) is 5.32 Å². The summed E-state index contributed by atoms with van der Waals surface area (Å²) < 4.78 is 0. The van der Waals surface area contributed by atoms with Crippen molar-refractivity contribution >= 4 is 23.2 Å². The second-order valence-electron chi connectivity index (χ2n) is 6.76. The molecule has 0 fully saturated rings. The predicted octanol–water partition coefficient (Wildman–Crippen LogP) is 1.91. The largest absolute Gasteiger partial charge is 0.388 e. The average molecular weight is 351 g/mol. The van der Waals surface area contributed by atoms with Crippen LogP contribution in [0.5, 0.6) is 0 Å². The molecule has 6 heteroatoms. The van der Waals surface area contributed by atoms with Crippen LogP contribution in [0.25, 0.3) is 0 Å². The third kappa shape index (κ3) is 3.21. The summed E-state index contributed by atoms with van der Waals surface area (Å²) >= 11 is 0. The fourth-order valence-electron chi connectivity index (χ4n) is 3.65. The first-order chi connectivity index (χ1) is 12.6. The molecule has 4 rings (SSSR count). The van der Waals surface area contributed by atoms with Crippen LogP contribution in [0.3, 0.4) is 0 Å². The monoisotopic (exact) mass is 351 g/mol. The van der Waals surface area contributed by atoms with Crippen LogP contribution in [0.1, 0.15) is 23.7 Å². The molecule has 2 heterocycles. The summed E-state index contributed by atoms with van der Waals surface area (Å²) in [5, 5.41) is 13.1. The molecule has 0 radical (unpaired) electrons. The van der Waals surface area contributed by atoms with Crippen LogP contribution in [-0.4, -0.2) is 41.5 Å². The minimum absolute atomic E-state index is 0.0307. The van der Waals surface area contributed by atoms with Crippen LogP contribution in [-0.2, 0) is 16.1 Å². The molecule has 134 valence electrons. The van der Waals surface area contributed by atoms with Crippen molar-refractivity contribution in [2.24, 2.45) is 0 Å². The number of para-hydroxylation sites is 2. The Morgan fingerprint density at radius 3 is 2.77 bits per heavy atom. The lowest BCUT2D eigenvalue weighted by molar-refractivity contribution is -0.122. The number of aliphatic hydroxyl groups is 1. The van der Waals surface area contributed by atoms with Gasteiger partial charge in [-0.3, -0.25) is 19.4 Å². The molecule has 2 amide bonds. The minimum Gasteiger partial charge on any atom is -0.388 e. The second kappa shape index (κ2) is 6.90. The zero-order valence-corrected chi connectivity index (χ0v) is 14.4. The van der Waals surface area contributed by atoms with E-state index in [0.29, 0.717) is 25.2 Å². The summed E-state index contributed by atoms with van der Waals surface area (Å²) in [6, 6.07) is 15.1. The minimum atomic E-state index is -0.507. The molecule has 2 N–H and O–H groups in total. The molecule has 0 spiro atoms. The van der Waals surface area contributed by atoms with Crippen LogP contribution >= 0.6 is 0 Å². The van der Waals surface area contributed by atoms with Crippen molar-refractivity contribution in [3.8, 4) is 0 Å². The zero-order valence-electron chi connectivity index (χ0n) is 14.4. The highest BCUT2D eigenvalue weighted by Gasteiger charge is 2.29. The van der Waals surface area contributed by atoms with Gasteiger partial charge in [0, 0.05) is 13.1 Å². The Morgan fingerprint density at radius 2 is 1.88 bits per heavy atom. The number of hydrogen-bond acceptors (Lipinski definition) is 4. The Morgan fingerprint density at radius 1 is 1.12 bits per heavy atom. The van der Waals surface area contributed by atoms with Crippen LogP contribution < -0.4 is 10.2 Å². The van der Waals surface area contributed by atoms with E-state index in [9.17, 15) is 14.7 Å². The van der Waals surface area contributed by atoms with Gasteiger partial charge in [-0.05, 0) is 29.7 Å². The fraction of sp³-hybridized carbons (Fsp3) is 0.300. The molecule has 0 saturated heterocycles. The summed E-state index contributed by atoms with van der Waals surface area (Å²) in [5.74, 6) is -0.296. The van der Waals surface area contributed by atoms with E-state index in [1.54, 1.807) is 11.0 Å². The van der Waals surface area contributed by atoms with E-state index in [1.165, 1.54) is 0 Å². The quantitative estimate of drug-likeness (QED) is 0.867. The van der Waals surface area contributed by atoms with Crippen molar-refractivity contribution in [3.63, 3.8) is 0 Å². The summed E-state index contributed by atoms with van der Waals surface area (Å²) in [5.41, 5.74) is 3.37. The third-order valence-corrected chi connectivity index (χ3v) is 4.96. The average Bonchev–Trinajstić information content (AvgIpc) is 2.80. The van der Waals surface area contributed by atoms with Gasteiger partial charge in [0.2, 0.25) is 11.8 Å². The van der Waals surface area contributed by atoms with Gasteiger partial charge in [-0.2, -0.15) is 0 Å². The number of nitrogens with one attached hydrogen (secondary N) is 1. The molecule has 26 heavy (non-hydrogen) atoms. The Kier molecular flexibility index (Phi) is 4.44. The van der Waals surface area contributed by atoms with Crippen molar-refractivity contribution < 1.29 is 14.7 Å². The van der Waals surface area contributed by atoms with Gasteiger partial charge in [0.05, 0.1) is 24.0 Å². The Balaban J connectivity index is 1.53. The van der Waals surface area contributed by atoms with Gasteiger partial charge in [-0.15, -0.1) is 0 Å². The molecular formula is C20H21N3O3. The topological polar surface area (TPSA) is 72.9 Å². The number of carbonyl (C=O) groups excluding carboxylic acids is 2. The molecule has 1 unspecified atom stereocenters. The Bertz CT molecular complexity index is 852. The van der Waals surface area contributed by atoms with Gasteiger partial charge in [0.15, 0.2) is 0 Å². The van der Waals surface area contributed by atoms with Gasteiger partial charge < -0.3 is 10.4 Å². The number of nitrogens with zero attached hydrogens (tertiary/aromatic N) is 2. The maximum atomic E-state index is 12.9. The van der Waals surface area contributed by atoms with Gasteiger partial charge in [-0.25, -0.2) is 0 Å². The first kappa shape index (κ1) is 16.8. The van der Waals surface area contributed by atoms with Crippen molar-refractivity contribution in [1.82, 2.24) is 4.90 Å². The van der Waals surface area contributed by atoms with Crippen molar-refractivity contribution in [2.75, 3.05) is 29.9 Å². The summed E-state index contributed by atoms with van der Waals surface area (Å²) in [4.78, 5) is 28.4. The van der Waals surface area contributed by atoms with Gasteiger partial charge in [0.25, 0.3) is 0 Å². The molecule has 0 bridgehead atoms. The highest BCUT2D eigenvalue weighted by molar-refractivity contribution is 6.10. The number of hydrogen-bond donors (Lipinski definition) is 2. The third-order valence-electron chi connectivity index (χ3n) is 4.96. The van der Waals surface area contributed by atoms with Crippen LogP contribution in [0.4, 0.5) is 11.4 Å². The number of anilines is 2. The van der Waals surface area contributed by atoms with Crippen LogP contribution in [0.2, 0.25) is 0 Å². The lowest BCUT2D eigenvalue weighted by Crippen LogP contribution is -2.46. The first-order valence-electron chi connectivity index (χ1n) is 8.79. The number of rotatable bonds is 2. The maximum absolute atomic E-state index is 12.9. The smallest absolute Gasteiger partial charge is 0.244 e. The first-order valence-corrected chi connectivity index (χ1v) is 8.79. The molecule has 2 aromatic rings. The number of fused-ring (bicyclic) bond motifs is 2. The molecule has 2 aromatic carbocycles. The summed E-state index contributed by atoms with van der Waals surface area (Å²) in [6.45, 7) is 1.48. The molecule has 1 atom stereocenters. The van der Waals surface area contributed by atoms with Gasteiger partial charge >= 0.3 is 0 Å². The Hall–Kier alpha value is -2.70. The Labute approximate surface area is 152 Å². The van der Waals surface area contributed by atoms with E-state index in [1.807, 2.05) is 47.4 Å². The predicted molar refractivity (Wildman–Crippen MR) is 98.7 cm³/mol. The van der Waals surface area contributed by atoms with E-state index >= 15 is 0 Å². The molecule has 6 nitrogen and oxygen atoms in total. The SMILES string of the molecule is O=C1CN(C(=O)CN2CCC(O)c3ccccc3C2)c2ccccc2N1. The molecule has 0 aromatic heterocycles.